The molecule has 1 saturated heterocycles. The van der Waals surface area contributed by atoms with E-state index in [1.165, 1.54) is 12.1 Å². The number of rotatable bonds is 4. The maximum Gasteiger partial charge on any atom is 0.299 e. The van der Waals surface area contributed by atoms with Crippen molar-refractivity contribution in [1.82, 2.24) is 0 Å². The van der Waals surface area contributed by atoms with Crippen LogP contribution >= 0.6 is 0 Å². The first-order chi connectivity index (χ1) is 9.40. The molecule has 1 fully saturated rings. The molecule has 1 aliphatic heterocycles. The SMILES string of the molecule is NC(=O)C1CCN(c2ccc([N+](=O)[O-])cc2[N+](=O)[O-])C1. The molecular formula is C11H12N4O5. The largest absolute Gasteiger partial charge is 0.369 e. The molecule has 1 unspecified atom stereocenters. The standard InChI is InChI=1S/C11H12N4O5/c12-11(16)7-3-4-13(6-7)9-2-1-8(14(17)18)5-10(9)15(19)20/h1-2,5,7H,3-4,6H2,(H2,12,16). The van der Waals surface area contributed by atoms with E-state index in [1.807, 2.05) is 0 Å². The van der Waals surface area contributed by atoms with Crippen LogP contribution in [-0.2, 0) is 4.79 Å². The fraction of sp³-hybridized carbons (Fsp3) is 0.364. The Morgan fingerprint density at radius 3 is 2.50 bits per heavy atom. The summed E-state index contributed by atoms with van der Waals surface area (Å²) in [6.07, 6.45) is 0.517. The van der Waals surface area contributed by atoms with Gasteiger partial charge in [0.15, 0.2) is 0 Å². The highest BCUT2D eigenvalue weighted by atomic mass is 16.6. The number of primary amides is 1. The lowest BCUT2D eigenvalue weighted by molar-refractivity contribution is -0.393. The molecule has 2 N–H and O–H groups in total. The van der Waals surface area contributed by atoms with Gasteiger partial charge in [0.2, 0.25) is 5.91 Å². The normalized spacial score (nSPS) is 18.0. The van der Waals surface area contributed by atoms with E-state index < -0.39 is 15.8 Å². The summed E-state index contributed by atoms with van der Waals surface area (Å²) in [6.45, 7) is 0.736. The number of benzene rings is 1. The maximum atomic E-state index is 11.1. The van der Waals surface area contributed by atoms with Gasteiger partial charge in [-0.3, -0.25) is 25.0 Å². The van der Waals surface area contributed by atoms with Crippen molar-refractivity contribution in [3.8, 4) is 0 Å². The number of nitro groups is 2. The van der Waals surface area contributed by atoms with Gasteiger partial charge in [0.1, 0.15) is 5.69 Å². The number of non-ortho nitro benzene ring substituents is 1. The van der Waals surface area contributed by atoms with Crippen molar-refractivity contribution >= 4 is 23.0 Å². The minimum Gasteiger partial charge on any atom is -0.369 e. The summed E-state index contributed by atoms with van der Waals surface area (Å²) in [5.41, 5.74) is 4.79. The number of hydrogen-bond acceptors (Lipinski definition) is 6. The molecule has 1 atom stereocenters. The van der Waals surface area contributed by atoms with Gasteiger partial charge in [-0.2, -0.15) is 0 Å². The van der Waals surface area contributed by atoms with Gasteiger partial charge in [-0.25, -0.2) is 0 Å². The monoisotopic (exact) mass is 280 g/mol. The molecule has 0 aromatic heterocycles. The number of anilines is 1. The van der Waals surface area contributed by atoms with E-state index >= 15 is 0 Å². The molecule has 9 heteroatoms. The Labute approximate surface area is 113 Å². The molecule has 106 valence electrons. The zero-order chi connectivity index (χ0) is 14.9. The Balaban J connectivity index is 2.35. The molecule has 1 heterocycles. The predicted octanol–water partition coefficient (Wildman–Crippen LogP) is 0.815. The quantitative estimate of drug-likeness (QED) is 0.641. The van der Waals surface area contributed by atoms with Crippen LogP contribution in [0.3, 0.4) is 0 Å². The fourth-order valence-electron chi connectivity index (χ4n) is 2.25. The van der Waals surface area contributed by atoms with Crippen LogP contribution in [0.1, 0.15) is 6.42 Å². The Bertz CT molecular complexity index is 588. The molecule has 0 aliphatic carbocycles. The zero-order valence-corrected chi connectivity index (χ0v) is 10.4. The maximum absolute atomic E-state index is 11.1. The number of hydrogen-bond donors (Lipinski definition) is 1. The average Bonchev–Trinajstić information content (AvgIpc) is 2.87. The van der Waals surface area contributed by atoms with E-state index in [-0.39, 0.29) is 29.5 Å². The average molecular weight is 280 g/mol. The fourth-order valence-corrected chi connectivity index (χ4v) is 2.25. The Morgan fingerprint density at radius 2 is 2.00 bits per heavy atom. The Hall–Kier alpha value is -2.71. The van der Waals surface area contributed by atoms with E-state index in [9.17, 15) is 25.0 Å². The van der Waals surface area contributed by atoms with E-state index in [0.29, 0.717) is 13.0 Å². The molecule has 1 amide bonds. The van der Waals surface area contributed by atoms with E-state index in [4.69, 9.17) is 5.73 Å². The summed E-state index contributed by atoms with van der Waals surface area (Å²) in [7, 11) is 0. The molecular weight excluding hydrogens is 268 g/mol. The predicted molar refractivity (Wildman–Crippen MR) is 69.3 cm³/mol. The van der Waals surface area contributed by atoms with Crippen LogP contribution in [0.2, 0.25) is 0 Å². The number of carbonyl (C=O) groups is 1. The first-order valence-electron chi connectivity index (χ1n) is 5.87. The third kappa shape index (κ3) is 2.51. The molecule has 2 rings (SSSR count). The second-order valence-electron chi connectivity index (χ2n) is 4.52. The third-order valence-electron chi connectivity index (χ3n) is 3.30. The zero-order valence-electron chi connectivity index (χ0n) is 10.4. The number of nitro benzene ring substituents is 2. The van der Waals surface area contributed by atoms with Crippen LogP contribution < -0.4 is 10.6 Å². The Morgan fingerprint density at radius 1 is 1.30 bits per heavy atom. The molecule has 1 aliphatic rings. The Kier molecular flexibility index (Phi) is 3.51. The second kappa shape index (κ2) is 5.11. The van der Waals surface area contributed by atoms with Crippen molar-refractivity contribution in [3.63, 3.8) is 0 Å². The van der Waals surface area contributed by atoms with Crippen molar-refractivity contribution in [2.75, 3.05) is 18.0 Å². The summed E-state index contributed by atoms with van der Waals surface area (Å²) in [5, 5.41) is 21.7. The molecule has 0 spiro atoms. The van der Waals surface area contributed by atoms with Crippen LogP contribution in [0.4, 0.5) is 17.1 Å². The highest BCUT2D eigenvalue weighted by molar-refractivity contribution is 5.79. The van der Waals surface area contributed by atoms with Crippen LogP contribution in [-0.4, -0.2) is 28.8 Å². The van der Waals surface area contributed by atoms with Gasteiger partial charge in [-0.15, -0.1) is 0 Å². The van der Waals surface area contributed by atoms with Crippen LogP contribution in [0.25, 0.3) is 0 Å². The lowest BCUT2D eigenvalue weighted by Crippen LogP contribution is -2.27. The smallest absolute Gasteiger partial charge is 0.299 e. The van der Waals surface area contributed by atoms with Gasteiger partial charge in [-0.05, 0) is 12.5 Å². The summed E-state index contributed by atoms with van der Waals surface area (Å²) in [4.78, 5) is 33.1. The molecule has 1 aromatic rings. The van der Waals surface area contributed by atoms with Gasteiger partial charge < -0.3 is 10.6 Å². The van der Waals surface area contributed by atoms with Crippen LogP contribution in [0, 0.1) is 26.1 Å². The highest BCUT2D eigenvalue weighted by Crippen LogP contribution is 2.34. The highest BCUT2D eigenvalue weighted by Gasteiger charge is 2.31. The second-order valence-corrected chi connectivity index (χ2v) is 4.52. The van der Waals surface area contributed by atoms with Crippen LogP contribution in [0.5, 0.6) is 0 Å². The lowest BCUT2D eigenvalue weighted by Gasteiger charge is -2.17. The van der Waals surface area contributed by atoms with E-state index in [0.717, 1.165) is 6.07 Å². The summed E-state index contributed by atoms with van der Waals surface area (Å²) < 4.78 is 0. The lowest BCUT2D eigenvalue weighted by atomic mass is 10.1. The van der Waals surface area contributed by atoms with E-state index in [1.54, 1.807) is 4.90 Å². The summed E-state index contributed by atoms with van der Waals surface area (Å²) in [6, 6.07) is 3.46. The molecule has 0 radical (unpaired) electrons. The van der Waals surface area contributed by atoms with Crippen molar-refractivity contribution < 1.29 is 14.6 Å². The van der Waals surface area contributed by atoms with Gasteiger partial charge in [0.25, 0.3) is 11.4 Å². The first-order valence-corrected chi connectivity index (χ1v) is 5.87. The molecule has 0 saturated carbocycles. The third-order valence-corrected chi connectivity index (χ3v) is 3.30. The number of nitrogens with two attached hydrogens (primary N) is 1. The number of nitrogens with zero attached hydrogens (tertiary/aromatic N) is 3. The van der Waals surface area contributed by atoms with Crippen molar-refractivity contribution in [1.29, 1.82) is 0 Å². The minimum absolute atomic E-state index is 0.268. The van der Waals surface area contributed by atoms with Crippen LogP contribution in [0.15, 0.2) is 18.2 Å². The molecule has 9 nitrogen and oxygen atoms in total. The minimum atomic E-state index is -0.688. The van der Waals surface area contributed by atoms with Gasteiger partial charge >= 0.3 is 0 Å². The molecule has 1 aromatic carbocycles. The van der Waals surface area contributed by atoms with Crippen molar-refractivity contribution in [3.05, 3.63) is 38.4 Å². The first kappa shape index (κ1) is 13.7. The number of carbonyl (C=O) groups excluding carboxylic acids is 1. The number of amides is 1. The van der Waals surface area contributed by atoms with E-state index in [2.05, 4.69) is 0 Å². The van der Waals surface area contributed by atoms with Gasteiger partial charge in [0.05, 0.1) is 21.8 Å². The molecule has 0 bridgehead atoms. The van der Waals surface area contributed by atoms with Gasteiger partial charge in [0, 0.05) is 19.2 Å². The summed E-state index contributed by atoms with van der Waals surface area (Å²) >= 11 is 0. The topological polar surface area (TPSA) is 133 Å². The molecule has 20 heavy (non-hydrogen) atoms. The van der Waals surface area contributed by atoms with Crippen molar-refractivity contribution in [2.24, 2.45) is 11.7 Å². The van der Waals surface area contributed by atoms with Gasteiger partial charge in [-0.1, -0.05) is 0 Å². The van der Waals surface area contributed by atoms with Crippen molar-refractivity contribution in [2.45, 2.75) is 6.42 Å². The summed E-state index contributed by atoms with van der Waals surface area (Å²) in [5.74, 6) is -0.804.